The molecule has 0 spiro atoms. The van der Waals surface area contributed by atoms with Crippen molar-refractivity contribution in [1.82, 2.24) is 19.9 Å². The fourth-order valence-corrected chi connectivity index (χ4v) is 3.28. The Morgan fingerprint density at radius 3 is 3.14 bits per heavy atom. The maximum Gasteiger partial charge on any atom is 0.276 e. The van der Waals surface area contributed by atoms with Crippen molar-refractivity contribution in [2.24, 2.45) is 7.05 Å². The van der Waals surface area contributed by atoms with Gasteiger partial charge in [0, 0.05) is 32.5 Å². The molecule has 1 fully saturated rings. The number of amides is 1. The molecule has 0 aliphatic carbocycles. The molecule has 0 radical (unpaired) electrons. The van der Waals surface area contributed by atoms with Crippen molar-refractivity contribution in [2.75, 3.05) is 19.7 Å². The van der Waals surface area contributed by atoms with Crippen molar-refractivity contribution in [3.63, 3.8) is 0 Å². The Morgan fingerprint density at radius 1 is 1.41 bits per heavy atom. The number of hydrogen-bond donors (Lipinski definition) is 0. The zero-order valence-corrected chi connectivity index (χ0v) is 12.5. The number of aromatic nitrogens is 3. The molecule has 3 heterocycles. The standard InChI is InChI=1S/C16H18N4O2/c1-19-10-14(17-18-19)16(21)20-6-4-13(9-20)11-2-3-15-12(8-11)5-7-22-15/h2-3,8,10,13H,4-7,9H2,1H3. The van der Waals surface area contributed by atoms with Crippen LogP contribution in [0.1, 0.15) is 34.0 Å². The molecule has 1 saturated heterocycles. The van der Waals surface area contributed by atoms with Crippen molar-refractivity contribution >= 4 is 5.91 Å². The van der Waals surface area contributed by atoms with Crippen molar-refractivity contribution in [3.05, 3.63) is 41.2 Å². The summed E-state index contributed by atoms with van der Waals surface area (Å²) in [4.78, 5) is 14.3. The van der Waals surface area contributed by atoms with Gasteiger partial charge in [0.25, 0.3) is 5.91 Å². The second kappa shape index (κ2) is 5.12. The molecule has 2 aliphatic heterocycles. The zero-order chi connectivity index (χ0) is 15.1. The third-order valence-electron chi connectivity index (χ3n) is 4.48. The van der Waals surface area contributed by atoms with Gasteiger partial charge in [-0.05, 0) is 23.6 Å². The molecule has 2 aromatic rings. The number of benzene rings is 1. The summed E-state index contributed by atoms with van der Waals surface area (Å²) in [5, 5.41) is 7.74. The molecule has 0 bridgehead atoms. The molecule has 4 rings (SSSR count). The molecule has 1 aromatic heterocycles. The van der Waals surface area contributed by atoms with Crippen LogP contribution in [0.5, 0.6) is 5.75 Å². The molecule has 22 heavy (non-hydrogen) atoms. The molecule has 6 heteroatoms. The lowest BCUT2D eigenvalue weighted by Crippen LogP contribution is -2.28. The van der Waals surface area contributed by atoms with E-state index in [0.717, 1.165) is 38.3 Å². The monoisotopic (exact) mass is 298 g/mol. The van der Waals surface area contributed by atoms with Crippen LogP contribution < -0.4 is 4.74 Å². The van der Waals surface area contributed by atoms with Crippen LogP contribution in [-0.4, -0.2) is 45.5 Å². The maximum atomic E-state index is 12.4. The van der Waals surface area contributed by atoms with E-state index in [1.54, 1.807) is 17.9 Å². The lowest BCUT2D eigenvalue weighted by Gasteiger charge is -2.15. The topological polar surface area (TPSA) is 60.2 Å². The van der Waals surface area contributed by atoms with Crippen LogP contribution >= 0.6 is 0 Å². The van der Waals surface area contributed by atoms with E-state index < -0.39 is 0 Å². The first-order chi connectivity index (χ1) is 10.7. The first-order valence-electron chi connectivity index (χ1n) is 7.62. The van der Waals surface area contributed by atoms with Gasteiger partial charge in [-0.1, -0.05) is 17.3 Å². The largest absolute Gasteiger partial charge is 0.493 e. The first-order valence-corrected chi connectivity index (χ1v) is 7.62. The van der Waals surface area contributed by atoms with E-state index in [9.17, 15) is 4.79 Å². The Balaban J connectivity index is 1.49. The van der Waals surface area contributed by atoms with Gasteiger partial charge in [0.05, 0.1) is 12.8 Å². The Hall–Kier alpha value is -2.37. The molecule has 0 N–H and O–H groups in total. The van der Waals surface area contributed by atoms with Gasteiger partial charge in [-0.3, -0.25) is 9.48 Å². The highest BCUT2D eigenvalue weighted by atomic mass is 16.5. The van der Waals surface area contributed by atoms with Gasteiger partial charge >= 0.3 is 0 Å². The second-order valence-corrected chi connectivity index (χ2v) is 5.98. The number of hydrogen-bond acceptors (Lipinski definition) is 4. The SMILES string of the molecule is Cn1cc(C(=O)N2CCC(c3ccc4c(c3)CCO4)C2)nn1. The van der Waals surface area contributed by atoms with Crippen molar-refractivity contribution in [1.29, 1.82) is 0 Å². The Labute approximate surface area is 128 Å². The van der Waals surface area contributed by atoms with Gasteiger partial charge in [-0.25, -0.2) is 0 Å². The summed E-state index contributed by atoms with van der Waals surface area (Å²) in [6, 6.07) is 6.43. The fourth-order valence-electron chi connectivity index (χ4n) is 3.28. The van der Waals surface area contributed by atoms with Crippen LogP contribution in [0.3, 0.4) is 0 Å². The van der Waals surface area contributed by atoms with Gasteiger partial charge < -0.3 is 9.64 Å². The average Bonchev–Trinajstić information content (AvgIpc) is 3.25. The molecule has 1 aromatic carbocycles. The number of nitrogens with zero attached hydrogens (tertiary/aromatic N) is 4. The van der Waals surface area contributed by atoms with E-state index in [4.69, 9.17) is 4.74 Å². The quantitative estimate of drug-likeness (QED) is 0.840. The Morgan fingerprint density at radius 2 is 2.32 bits per heavy atom. The van der Waals surface area contributed by atoms with E-state index >= 15 is 0 Å². The third kappa shape index (κ3) is 2.24. The highest BCUT2D eigenvalue weighted by molar-refractivity contribution is 5.92. The normalized spacial score (nSPS) is 20.0. The Bertz CT molecular complexity index is 725. The van der Waals surface area contributed by atoms with E-state index in [0.29, 0.717) is 11.6 Å². The van der Waals surface area contributed by atoms with Crippen LogP contribution in [0.25, 0.3) is 0 Å². The molecule has 6 nitrogen and oxygen atoms in total. The van der Waals surface area contributed by atoms with Gasteiger partial charge in [0.15, 0.2) is 5.69 Å². The van der Waals surface area contributed by atoms with E-state index in [1.807, 2.05) is 4.90 Å². The van der Waals surface area contributed by atoms with Crippen molar-refractivity contribution in [3.8, 4) is 5.75 Å². The minimum Gasteiger partial charge on any atom is -0.493 e. The number of aryl methyl sites for hydroxylation is 1. The number of fused-ring (bicyclic) bond motifs is 1. The summed E-state index contributed by atoms with van der Waals surface area (Å²) in [5.41, 5.74) is 3.01. The lowest BCUT2D eigenvalue weighted by molar-refractivity contribution is 0.0785. The first kappa shape index (κ1) is 13.3. The van der Waals surface area contributed by atoms with E-state index in [-0.39, 0.29) is 5.91 Å². The molecule has 1 unspecified atom stereocenters. The third-order valence-corrected chi connectivity index (χ3v) is 4.48. The predicted octanol–water partition coefficient (Wildman–Crippen LogP) is 1.38. The van der Waals surface area contributed by atoms with E-state index in [1.165, 1.54) is 11.1 Å². The summed E-state index contributed by atoms with van der Waals surface area (Å²) < 4.78 is 7.11. The van der Waals surface area contributed by atoms with Gasteiger partial charge in [0.1, 0.15) is 5.75 Å². The summed E-state index contributed by atoms with van der Waals surface area (Å²) >= 11 is 0. The molecule has 2 aliphatic rings. The highest BCUT2D eigenvalue weighted by Crippen LogP contribution is 2.33. The smallest absolute Gasteiger partial charge is 0.276 e. The number of carbonyl (C=O) groups excluding carboxylic acids is 1. The Kier molecular flexibility index (Phi) is 3.10. The minimum atomic E-state index is -0.0277. The van der Waals surface area contributed by atoms with Gasteiger partial charge in [-0.15, -0.1) is 5.10 Å². The number of rotatable bonds is 2. The number of likely N-dealkylation sites (tertiary alicyclic amines) is 1. The second-order valence-electron chi connectivity index (χ2n) is 5.98. The minimum absolute atomic E-state index is 0.0277. The number of carbonyl (C=O) groups is 1. The van der Waals surface area contributed by atoms with Crippen LogP contribution in [0.15, 0.2) is 24.4 Å². The summed E-state index contributed by atoms with van der Waals surface area (Å²) in [6.07, 6.45) is 3.65. The maximum absolute atomic E-state index is 12.4. The molecule has 0 saturated carbocycles. The van der Waals surface area contributed by atoms with E-state index in [2.05, 4.69) is 28.5 Å². The molecule has 1 amide bonds. The predicted molar refractivity (Wildman–Crippen MR) is 79.9 cm³/mol. The van der Waals surface area contributed by atoms with Crippen LogP contribution in [0.4, 0.5) is 0 Å². The van der Waals surface area contributed by atoms with Crippen LogP contribution in [0, 0.1) is 0 Å². The van der Waals surface area contributed by atoms with Crippen molar-refractivity contribution in [2.45, 2.75) is 18.8 Å². The average molecular weight is 298 g/mol. The lowest BCUT2D eigenvalue weighted by atomic mass is 9.96. The molecule has 114 valence electrons. The zero-order valence-electron chi connectivity index (χ0n) is 12.5. The van der Waals surface area contributed by atoms with Gasteiger partial charge in [-0.2, -0.15) is 0 Å². The molecular formula is C16H18N4O2. The molecular weight excluding hydrogens is 280 g/mol. The highest BCUT2D eigenvalue weighted by Gasteiger charge is 2.29. The fraction of sp³-hybridized carbons (Fsp3) is 0.438. The van der Waals surface area contributed by atoms with Crippen molar-refractivity contribution < 1.29 is 9.53 Å². The summed E-state index contributed by atoms with van der Waals surface area (Å²) in [5.74, 6) is 1.38. The molecule has 1 atom stereocenters. The summed E-state index contributed by atoms with van der Waals surface area (Å²) in [6.45, 7) is 2.30. The van der Waals surface area contributed by atoms with Crippen LogP contribution in [0.2, 0.25) is 0 Å². The summed E-state index contributed by atoms with van der Waals surface area (Å²) in [7, 11) is 1.77. The number of ether oxygens (including phenoxy) is 1. The van der Waals surface area contributed by atoms with Gasteiger partial charge in [0.2, 0.25) is 0 Å². The van der Waals surface area contributed by atoms with Crippen LogP contribution in [-0.2, 0) is 13.5 Å².